The van der Waals surface area contributed by atoms with Crippen LogP contribution < -0.4 is 10.6 Å². The summed E-state index contributed by atoms with van der Waals surface area (Å²) in [4.78, 5) is 89.6. The van der Waals surface area contributed by atoms with Gasteiger partial charge in [-0.25, -0.2) is 4.79 Å². The third-order valence-corrected chi connectivity index (χ3v) is 8.67. The molecule has 0 saturated carbocycles. The summed E-state index contributed by atoms with van der Waals surface area (Å²) in [6, 6.07) is 14.6. The van der Waals surface area contributed by atoms with Crippen molar-refractivity contribution < 1.29 is 76.2 Å². The smallest absolute Gasteiger partial charge is 0.366 e. The van der Waals surface area contributed by atoms with Gasteiger partial charge in [0.1, 0.15) is 18.8 Å². The number of carbonyl (C=O) groups is 7. The fourth-order valence-electron chi connectivity index (χ4n) is 6.20. The summed E-state index contributed by atoms with van der Waals surface area (Å²) in [5.41, 5.74) is 2.69. The number of amides is 2. The van der Waals surface area contributed by atoms with Gasteiger partial charge in [0.05, 0.1) is 70.6 Å². The second-order valence-corrected chi connectivity index (χ2v) is 13.4. The molecule has 2 aromatic carbocycles. The Balaban J connectivity index is 2.00. The Morgan fingerprint density at radius 3 is 2.18 bits per heavy atom. The molecule has 0 radical (unpaired) electrons. The average molecular weight is 852 g/mol. The van der Waals surface area contributed by atoms with Crippen molar-refractivity contribution in [2.75, 3.05) is 53.3 Å². The lowest BCUT2D eigenvalue weighted by molar-refractivity contribution is -0.315. The SMILES string of the molecule is C#CCOCCOCCO[C@]1(C(=O)OC)C[C@H](OC(C)=O)[C@@H](NC(=O)COC(C)=O)[C@H]([C@H](OC(C)=O)[C@@H](CNC(=O)Cc2ccc(-c3cccc(C#N)c3)cc2)OC(C)=O)O1. The molecule has 0 aliphatic carbocycles. The summed E-state index contributed by atoms with van der Waals surface area (Å²) < 4.78 is 49.7. The second-order valence-electron chi connectivity index (χ2n) is 13.4. The van der Waals surface area contributed by atoms with Gasteiger partial charge in [0.2, 0.25) is 5.91 Å². The third-order valence-electron chi connectivity index (χ3n) is 8.67. The molecule has 19 nitrogen and oxygen atoms in total. The number of nitrogens with zero attached hydrogens (tertiary/aromatic N) is 1. The lowest BCUT2D eigenvalue weighted by Crippen LogP contribution is -2.70. The second kappa shape index (κ2) is 24.6. The zero-order valence-electron chi connectivity index (χ0n) is 34.4. The van der Waals surface area contributed by atoms with Crippen LogP contribution in [0.3, 0.4) is 0 Å². The van der Waals surface area contributed by atoms with Crippen LogP contribution in [0.25, 0.3) is 11.1 Å². The van der Waals surface area contributed by atoms with Crippen molar-refractivity contribution in [2.24, 2.45) is 0 Å². The number of carbonyl (C=O) groups excluding carboxylic acids is 7. The van der Waals surface area contributed by atoms with Crippen LogP contribution in [-0.2, 0) is 82.6 Å². The zero-order valence-corrected chi connectivity index (χ0v) is 34.4. The molecule has 2 N–H and O–H groups in total. The molecule has 2 aromatic rings. The molecule has 19 heteroatoms. The molecular weight excluding hydrogens is 802 g/mol. The summed E-state index contributed by atoms with van der Waals surface area (Å²) in [5.74, 6) is -6.27. The lowest BCUT2D eigenvalue weighted by Gasteiger charge is -2.48. The Kier molecular flexibility index (Phi) is 19.8. The van der Waals surface area contributed by atoms with Crippen molar-refractivity contribution in [3.8, 4) is 29.5 Å². The number of ether oxygens (including phenoxy) is 9. The standard InChI is InChI=1S/C42H49N3O16/c1-7-15-54-16-17-55-18-19-57-42(41(52)53-6)22-34(58-27(3)47)38(45-37(51)25-56-26(2)46)40(61-42)39(60-29(5)49)35(59-28(4)48)24-44-36(50)21-30-11-13-32(14-12-30)33-10-8-9-31(20-33)23-43/h1,8-14,20,34-35,38-40H,15-19,21-22,24-25H2,2-6H3,(H,44,50)(H,45,51)/t34-,35+,38+,39+,40+,42+/m0/s1. The maximum Gasteiger partial charge on any atom is 0.366 e. The number of nitrogens with one attached hydrogen (secondary N) is 2. The van der Waals surface area contributed by atoms with Gasteiger partial charge in [-0.2, -0.15) is 5.26 Å². The minimum Gasteiger partial charge on any atom is -0.465 e. The summed E-state index contributed by atoms with van der Waals surface area (Å²) in [5, 5.41) is 14.5. The zero-order chi connectivity index (χ0) is 45.0. The molecule has 3 rings (SSSR count). The normalized spacial score (nSPS) is 19.0. The Morgan fingerprint density at radius 1 is 0.869 bits per heavy atom. The fourth-order valence-corrected chi connectivity index (χ4v) is 6.20. The molecule has 0 unspecified atom stereocenters. The van der Waals surface area contributed by atoms with Crippen LogP contribution in [0.15, 0.2) is 48.5 Å². The van der Waals surface area contributed by atoms with Gasteiger partial charge >= 0.3 is 29.8 Å². The number of esters is 5. The van der Waals surface area contributed by atoms with Crippen molar-refractivity contribution >= 4 is 41.7 Å². The molecule has 0 bridgehead atoms. The first kappa shape index (κ1) is 49.0. The molecule has 1 aliphatic heterocycles. The van der Waals surface area contributed by atoms with Gasteiger partial charge in [-0.1, -0.05) is 42.3 Å². The molecular formula is C42H49N3O16. The molecule has 1 saturated heterocycles. The fraction of sp³-hybridized carbons (Fsp3) is 0.476. The molecule has 1 aliphatic rings. The number of nitriles is 1. The van der Waals surface area contributed by atoms with E-state index in [1.807, 2.05) is 6.07 Å². The Labute approximate surface area is 352 Å². The van der Waals surface area contributed by atoms with E-state index in [-0.39, 0.29) is 39.5 Å². The maximum atomic E-state index is 13.6. The lowest BCUT2D eigenvalue weighted by atomic mass is 9.87. The maximum absolute atomic E-state index is 13.6. The van der Waals surface area contributed by atoms with E-state index < -0.39 is 97.5 Å². The number of methoxy groups -OCH3 is 1. The minimum atomic E-state index is -2.44. The van der Waals surface area contributed by atoms with Gasteiger partial charge in [-0.3, -0.25) is 28.8 Å². The molecule has 0 spiro atoms. The highest BCUT2D eigenvalue weighted by Gasteiger charge is 2.59. The Hall–Kier alpha value is -6.38. The molecule has 1 fully saturated rings. The molecule has 328 valence electrons. The summed E-state index contributed by atoms with van der Waals surface area (Å²) in [7, 11) is 1.03. The molecule has 6 atom stereocenters. The largest absolute Gasteiger partial charge is 0.465 e. The Bertz CT molecular complexity index is 1940. The van der Waals surface area contributed by atoms with Gasteiger partial charge in [-0.15, -0.1) is 6.42 Å². The Morgan fingerprint density at radius 2 is 1.56 bits per heavy atom. The summed E-state index contributed by atoms with van der Waals surface area (Å²) in [6.45, 7) is 2.73. The van der Waals surface area contributed by atoms with Crippen LogP contribution in [0.2, 0.25) is 0 Å². The van der Waals surface area contributed by atoms with Gasteiger partial charge < -0.3 is 53.3 Å². The molecule has 61 heavy (non-hydrogen) atoms. The van der Waals surface area contributed by atoms with Crippen LogP contribution in [0, 0.1) is 23.7 Å². The van der Waals surface area contributed by atoms with E-state index >= 15 is 0 Å². The van der Waals surface area contributed by atoms with E-state index in [1.165, 1.54) is 0 Å². The van der Waals surface area contributed by atoms with Crippen molar-refractivity contribution in [1.82, 2.24) is 10.6 Å². The van der Waals surface area contributed by atoms with Gasteiger partial charge in [0, 0.05) is 27.7 Å². The van der Waals surface area contributed by atoms with Gasteiger partial charge in [-0.05, 0) is 28.8 Å². The summed E-state index contributed by atoms with van der Waals surface area (Å²) >= 11 is 0. The van der Waals surface area contributed by atoms with Crippen LogP contribution >= 0.6 is 0 Å². The highest BCUT2D eigenvalue weighted by atomic mass is 16.7. The van der Waals surface area contributed by atoms with Crippen LogP contribution in [0.5, 0.6) is 0 Å². The number of hydrogen-bond donors (Lipinski definition) is 2. The molecule has 0 aromatic heterocycles. The molecule has 1 heterocycles. The van der Waals surface area contributed by atoms with Crippen LogP contribution in [0.1, 0.15) is 45.2 Å². The quantitative estimate of drug-likeness (QED) is 0.0727. The topological polar surface area (TPSA) is 250 Å². The third kappa shape index (κ3) is 16.0. The number of terminal acetylenes is 1. The van der Waals surface area contributed by atoms with Crippen molar-refractivity contribution in [3.05, 3.63) is 59.7 Å². The van der Waals surface area contributed by atoms with Crippen LogP contribution in [-0.4, -0.2) is 131 Å². The van der Waals surface area contributed by atoms with Crippen molar-refractivity contribution in [3.63, 3.8) is 0 Å². The summed E-state index contributed by atoms with van der Waals surface area (Å²) in [6.07, 6.45) is -2.24. The minimum absolute atomic E-state index is 0.0629. The average Bonchev–Trinajstić information content (AvgIpc) is 3.22. The monoisotopic (exact) mass is 851 g/mol. The first-order chi connectivity index (χ1) is 29.1. The van der Waals surface area contributed by atoms with E-state index in [4.69, 9.17) is 49.1 Å². The number of hydrogen-bond acceptors (Lipinski definition) is 17. The van der Waals surface area contributed by atoms with Crippen LogP contribution in [0.4, 0.5) is 0 Å². The predicted octanol–water partition coefficient (Wildman–Crippen LogP) is 1.07. The number of benzene rings is 2. The van der Waals surface area contributed by atoms with Crippen molar-refractivity contribution in [2.45, 2.75) is 76.8 Å². The van der Waals surface area contributed by atoms with E-state index in [0.29, 0.717) is 11.1 Å². The first-order valence-electron chi connectivity index (χ1n) is 18.9. The van der Waals surface area contributed by atoms with E-state index in [1.54, 1.807) is 42.5 Å². The van der Waals surface area contributed by atoms with Gasteiger partial charge in [0.25, 0.3) is 11.7 Å². The highest BCUT2D eigenvalue weighted by Crippen LogP contribution is 2.37. The first-order valence-corrected chi connectivity index (χ1v) is 18.9. The van der Waals surface area contributed by atoms with E-state index in [0.717, 1.165) is 45.9 Å². The highest BCUT2D eigenvalue weighted by molar-refractivity contribution is 5.81. The number of rotatable bonds is 22. The van der Waals surface area contributed by atoms with Crippen molar-refractivity contribution in [1.29, 1.82) is 5.26 Å². The van der Waals surface area contributed by atoms with E-state index in [9.17, 15) is 38.8 Å². The van der Waals surface area contributed by atoms with E-state index in [2.05, 4.69) is 22.6 Å². The molecule has 2 amide bonds. The predicted molar refractivity (Wildman–Crippen MR) is 209 cm³/mol. The van der Waals surface area contributed by atoms with Gasteiger partial charge in [0.15, 0.2) is 18.8 Å².